The summed E-state index contributed by atoms with van der Waals surface area (Å²) < 4.78 is 19.7. The van der Waals surface area contributed by atoms with Crippen LogP contribution in [0.4, 0.5) is 0 Å². The zero-order chi connectivity index (χ0) is 30.9. The summed E-state index contributed by atoms with van der Waals surface area (Å²) in [5.41, 5.74) is 2.13. The Morgan fingerprint density at radius 3 is 2.50 bits per heavy atom. The highest BCUT2D eigenvalue weighted by Crippen LogP contribution is 2.30. The zero-order valence-electron chi connectivity index (χ0n) is 27.6. The number of hydrogen-bond acceptors (Lipinski definition) is 4. The molecule has 0 aromatic heterocycles. The number of aliphatic hydroxyl groups excluding tert-OH is 1. The highest BCUT2D eigenvalue weighted by atomic mass is 32.2. The first-order chi connectivity index (χ1) is 20.1. The van der Waals surface area contributed by atoms with Crippen molar-refractivity contribution in [3.63, 3.8) is 0 Å². The molecule has 7 atom stereocenters. The molecule has 5 nitrogen and oxygen atoms in total. The fraction of sp³-hybridized carbons (Fsp3) is 0.750. The van der Waals surface area contributed by atoms with Gasteiger partial charge >= 0.3 is 0 Å². The molecule has 0 bridgehead atoms. The minimum absolute atomic E-state index is 0.0799. The van der Waals surface area contributed by atoms with Crippen LogP contribution in [0.2, 0.25) is 0 Å². The third-order valence-electron chi connectivity index (χ3n) is 9.37. The molecule has 1 heterocycles. The van der Waals surface area contributed by atoms with Crippen molar-refractivity contribution in [2.75, 3.05) is 19.4 Å². The van der Waals surface area contributed by atoms with E-state index < -0.39 is 17.1 Å². The molecule has 0 aromatic rings. The Kier molecular flexibility index (Phi) is 18.1. The number of unbranched alkanes of at least 4 members (excludes halogenated alkanes) is 4. The SMILES string of the molecule is CO[C@H]1CCCC(CCCCCC/C=C(\C)C(O)CC(=O)C(C)CC(C)/C=C/C=C/C=C(\C)[C@H](C)N2CCCS2=O)C1. The van der Waals surface area contributed by atoms with Crippen LogP contribution < -0.4 is 0 Å². The van der Waals surface area contributed by atoms with Crippen LogP contribution in [0, 0.1) is 17.8 Å². The van der Waals surface area contributed by atoms with Crippen LogP contribution >= 0.6 is 0 Å². The second-order valence-electron chi connectivity index (χ2n) is 13.0. The number of Topliss-reactive ketones (excluding diaryl/α,β-unsaturated/α-hetero) is 1. The number of allylic oxidation sites excluding steroid dienone is 6. The van der Waals surface area contributed by atoms with Crippen molar-refractivity contribution in [2.45, 2.75) is 136 Å². The number of nitrogens with zero attached hydrogens (tertiary/aromatic N) is 1. The van der Waals surface area contributed by atoms with Gasteiger partial charge in [0.05, 0.1) is 23.2 Å². The minimum Gasteiger partial charge on any atom is -0.388 e. The number of hydrogen-bond donors (Lipinski definition) is 1. The second-order valence-corrected chi connectivity index (χ2v) is 14.5. The van der Waals surface area contributed by atoms with Gasteiger partial charge < -0.3 is 9.84 Å². The lowest BCUT2D eigenvalue weighted by atomic mass is 9.84. The highest BCUT2D eigenvalue weighted by Gasteiger charge is 2.25. The van der Waals surface area contributed by atoms with Crippen LogP contribution in [-0.2, 0) is 20.5 Å². The molecule has 1 aliphatic heterocycles. The molecule has 2 rings (SSSR count). The molecule has 1 aliphatic carbocycles. The number of rotatable bonds is 19. The lowest BCUT2D eigenvalue weighted by Gasteiger charge is -2.28. The van der Waals surface area contributed by atoms with Crippen molar-refractivity contribution in [1.82, 2.24) is 4.31 Å². The Hall–Kier alpha value is -1.34. The Bertz CT molecular complexity index is 939. The van der Waals surface area contributed by atoms with Crippen LogP contribution in [0.5, 0.6) is 0 Å². The number of carbonyl (C=O) groups is 1. The Labute approximate surface area is 260 Å². The number of aliphatic hydroxyl groups is 1. The number of ketones is 1. The van der Waals surface area contributed by atoms with E-state index in [1.165, 1.54) is 56.9 Å². The summed E-state index contributed by atoms with van der Waals surface area (Å²) in [4.78, 5) is 12.8. The first-order valence-electron chi connectivity index (χ1n) is 16.7. The average molecular weight is 604 g/mol. The second kappa shape index (κ2) is 20.6. The maximum atomic E-state index is 12.8. The largest absolute Gasteiger partial charge is 0.388 e. The van der Waals surface area contributed by atoms with E-state index >= 15 is 0 Å². The van der Waals surface area contributed by atoms with E-state index in [0.29, 0.717) is 6.10 Å². The van der Waals surface area contributed by atoms with Gasteiger partial charge in [0.1, 0.15) is 5.78 Å². The van der Waals surface area contributed by atoms with Gasteiger partial charge in [0, 0.05) is 37.8 Å². The summed E-state index contributed by atoms with van der Waals surface area (Å²) in [5, 5.41) is 10.6. The predicted octanol–water partition coefficient (Wildman–Crippen LogP) is 8.28. The van der Waals surface area contributed by atoms with Crippen LogP contribution in [0.1, 0.15) is 118 Å². The van der Waals surface area contributed by atoms with Gasteiger partial charge in [0.2, 0.25) is 0 Å². The molecule has 2 fully saturated rings. The van der Waals surface area contributed by atoms with Gasteiger partial charge in [-0.05, 0) is 76.7 Å². The summed E-state index contributed by atoms with van der Waals surface area (Å²) in [5.74, 6) is 1.96. The smallest absolute Gasteiger partial charge is 0.138 e. The molecular formula is C36H61NO4S. The van der Waals surface area contributed by atoms with Gasteiger partial charge in [-0.25, -0.2) is 8.51 Å². The molecule has 5 unspecified atom stereocenters. The monoisotopic (exact) mass is 603 g/mol. The standard InChI is InChI=1S/C36H61NO4S/c1-28(17-11-10-13-18-29(2)32(5)37-23-16-24-42(37)40)25-31(4)36(39)27-35(38)30(3)19-12-8-7-9-14-20-33-21-15-22-34(26-33)41-6/h10-11,13,17-19,28,31-35,38H,7-9,12,14-16,20-27H2,1-6H3/b13-10+,17-11+,29-18+,30-19+/t28?,31?,32-,33?,34-,35?,42?/m0/s1. The molecule has 1 saturated carbocycles. The molecule has 0 spiro atoms. The summed E-state index contributed by atoms with van der Waals surface area (Å²) in [7, 11) is 1.00. The van der Waals surface area contributed by atoms with Crippen molar-refractivity contribution >= 4 is 16.8 Å². The van der Waals surface area contributed by atoms with Crippen molar-refractivity contribution in [3.05, 3.63) is 47.6 Å². The Balaban J connectivity index is 1.61. The molecule has 2 aliphatic rings. The average Bonchev–Trinajstić information content (AvgIpc) is 3.41. The van der Waals surface area contributed by atoms with Gasteiger partial charge in [0.15, 0.2) is 0 Å². The lowest BCUT2D eigenvalue weighted by molar-refractivity contribution is -0.124. The van der Waals surface area contributed by atoms with Crippen molar-refractivity contribution < 1.29 is 18.8 Å². The maximum absolute atomic E-state index is 12.8. The minimum atomic E-state index is -0.843. The van der Waals surface area contributed by atoms with E-state index in [1.54, 1.807) is 0 Å². The first kappa shape index (κ1) is 36.8. The number of carbonyl (C=O) groups excluding carboxylic acids is 1. The van der Waals surface area contributed by atoms with Gasteiger partial charge in [0.25, 0.3) is 0 Å². The zero-order valence-corrected chi connectivity index (χ0v) is 28.4. The van der Waals surface area contributed by atoms with Crippen LogP contribution in [-0.4, -0.2) is 57.1 Å². The van der Waals surface area contributed by atoms with Crippen LogP contribution in [0.15, 0.2) is 47.6 Å². The van der Waals surface area contributed by atoms with E-state index in [2.05, 4.69) is 43.3 Å². The van der Waals surface area contributed by atoms with E-state index in [4.69, 9.17) is 4.74 Å². The molecule has 42 heavy (non-hydrogen) atoms. The van der Waals surface area contributed by atoms with Gasteiger partial charge in [-0.2, -0.15) is 0 Å². The number of methoxy groups -OCH3 is 1. The topological polar surface area (TPSA) is 66.8 Å². The van der Waals surface area contributed by atoms with E-state index in [1.807, 2.05) is 39.2 Å². The number of ether oxygens (including phenoxy) is 1. The molecule has 0 aromatic carbocycles. The fourth-order valence-electron chi connectivity index (χ4n) is 6.26. The van der Waals surface area contributed by atoms with Gasteiger partial charge in [-0.3, -0.25) is 4.79 Å². The van der Waals surface area contributed by atoms with Gasteiger partial charge in [-0.1, -0.05) is 94.4 Å². The maximum Gasteiger partial charge on any atom is 0.138 e. The summed E-state index contributed by atoms with van der Waals surface area (Å²) >= 11 is 0. The molecule has 0 amide bonds. The molecular weight excluding hydrogens is 542 g/mol. The van der Waals surface area contributed by atoms with E-state index in [-0.39, 0.29) is 30.1 Å². The molecule has 1 N–H and O–H groups in total. The molecule has 240 valence electrons. The Morgan fingerprint density at radius 1 is 1.02 bits per heavy atom. The van der Waals surface area contributed by atoms with Crippen LogP contribution in [0.3, 0.4) is 0 Å². The Morgan fingerprint density at radius 2 is 1.79 bits per heavy atom. The molecule has 6 heteroatoms. The summed E-state index contributed by atoms with van der Waals surface area (Å²) in [6, 6.07) is 0.188. The fourth-order valence-corrected chi connectivity index (χ4v) is 7.72. The molecule has 0 radical (unpaired) electrons. The summed E-state index contributed by atoms with van der Waals surface area (Å²) in [6.07, 6.45) is 26.7. The third kappa shape index (κ3) is 14.0. The van der Waals surface area contributed by atoms with Crippen molar-refractivity contribution in [1.29, 1.82) is 0 Å². The van der Waals surface area contributed by atoms with Gasteiger partial charge in [-0.15, -0.1) is 0 Å². The van der Waals surface area contributed by atoms with Crippen molar-refractivity contribution in [3.8, 4) is 0 Å². The highest BCUT2D eigenvalue weighted by molar-refractivity contribution is 7.82. The lowest BCUT2D eigenvalue weighted by Crippen LogP contribution is -2.31. The first-order valence-corrected chi connectivity index (χ1v) is 18.0. The summed E-state index contributed by atoms with van der Waals surface area (Å²) in [6.45, 7) is 11.2. The van der Waals surface area contributed by atoms with Crippen LogP contribution in [0.25, 0.3) is 0 Å². The third-order valence-corrected chi connectivity index (χ3v) is 11.0. The molecule has 1 saturated heterocycles. The van der Waals surface area contributed by atoms with E-state index in [0.717, 1.165) is 49.5 Å². The van der Waals surface area contributed by atoms with E-state index in [9.17, 15) is 14.1 Å². The predicted molar refractivity (Wildman–Crippen MR) is 179 cm³/mol. The quantitative estimate of drug-likeness (QED) is 0.0917. The normalized spacial score (nSPS) is 25.7. The van der Waals surface area contributed by atoms with Crippen molar-refractivity contribution in [2.24, 2.45) is 17.8 Å².